The Morgan fingerprint density at radius 3 is 2.77 bits per heavy atom. The summed E-state index contributed by atoms with van der Waals surface area (Å²) < 4.78 is 26.2. The first kappa shape index (κ1) is 15.4. The molecule has 6 heteroatoms. The van der Waals surface area contributed by atoms with E-state index in [0.717, 1.165) is 25.0 Å². The average Bonchev–Trinajstić information content (AvgIpc) is 3.30. The Bertz CT molecular complexity index is 577. The minimum atomic E-state index is -1.39. The summed E-state index contributed by atoms with van der Waals surface area (Å²) in [7, 11) is 0. The van der Waals surface area contributed by atoms with Crippen LogP contribution in [-0.2, 0) is 11.3 Å². The van der Waals surface area contributed by atoms with Crippen LogP contribution in [0.3, 0.4) is 0 Å². The Labute approximate surface area is 128 Å². The molecule has 2 N–H and O–H groups in total. The maximum absolute atomic E-state index is 13.3. The summed E-state index contributed by atoms with van der Waals surface area (Å²) in [6, 6.07) is 4.03. The highest BCUT2D eigenvalue weighted by Crippen LogP contribution is 2.26. The van der Waals surface area contributed by atoms with E-state index >= 15 is 0 Å². The van der Waals surface area contributed by atoms with E-state index in [4.69, 9.17) is 0 Å². The fourth-order valence-electron chi connectivity index (χ4n) is 2.84. The van der Waals surface area contributed by atoms with Crippen molar-refractivity contribution in [2.24, 2.45) is 0 Å². The minimum absolute atomic E-state index is 0.182. The first-order valence-corrected chi connectivity index (χ1v) is 7.67. The Kier molecular flexibility index (Phi) is 4.14. The third kappa shape index (κ3) is 3.28. The molecule has 1 heterocycles. The first-order chi connectivity index (χ1) is 10.5. The van der Waals surface area contributed by atoms with E-state index in [2.05, 4.69) is 5.32 Å². The van der Waals surface area contributed by atoms with Crippen LogP contribution in [0, 0.1) is 11.6 Å². The smallest absolute Gasteiger partial charge is 0.256 e. The molecular weight excluding hydrogens is 290 g/mol. The number of rotatable bonds is 5. The van der Waals surface area contributed by atoms with E-state index in [0.29, 0.717) is 31.0 Å². The molecule has 2 fully saturated rings. The maximum Gasteiger partial charge on any atom is 0.256 e. The van der Waals surface area contributed by atoms with Gasteiger partial charge in [-0.3, -0.25) is 4.79 Å². The van der Waals surface area contributed by atoms with Crippen molar-refractivity contribution in [2.45, 2.75) is 43.9 Å². The molecule has 1 unspecified atom stereocenters. The highest BCUT2D eigenvalue weighted by molar-refractivity contribution is 5.86. The number of amides is 1. The van der Waals surface area contributed by atoms with E-state index in [1.54, 1.807) is 0 Å². The minimum Gasteiger partial charge on any atom is -0.379 e. The molecular formula is C16H20F2N2O2. The molecule has 120 valence electrons. The zero-order valence-corrected chi connectivity index (χ0v) is 12.3. The lowest BCUT2D eigenvalue weighted by Gasteiger charge is -2.38. The van der Waals surface area contributed by atoms with Crippen LogP contribution in [0.2, 0.25) is 0 Å². The molecule has 1 aromatic carbocycles. The van der Waals surface area contributed by atoms with Crippen LogP contribution in [0.25, 0.3) is 0 Å². The number of hydrogen-bond acceptors (Lipinski definition) is 3. The summed E-state index contributed by atoms with van der Waals surface area (Å²) in [6.07, 6.45) is 3.30. The second kappa shape index (κ2) is 5.93. The number of benzene rings is 1. The quantitative estimate of drug-likeness (QED) is 0.868. The number of likely N-dealkylation sites (tertiary alicyclic amines) is 1. The van der Waals surface area contributed by atoms with Crippen LogP contribution >= 0.6 is 0 Å². The number of carbonyl (C=O) groups excluding carboxylic acids is 1. The van der Waals surface area contributed by atoms with Crippen molar-refractivity contribution < 1.29 is 18.7 Å². The van der Waals surface area contributed by atoms with Gasteiger partial charge in [0, 0.05) is 25.7 Å². The number of nitrogens with zero attached hydrogens (tertiary/aromatic N) is 1. The molecule has 4 nitrogen and oxygen atoms in total. The standard InChI is InChI=1S/C16H20F2N2O2/c17-13-5-2-11(8-14(13)18)9-20-7-1-6-16(22,15(20)21)10-19-12-3-4-12/h2,5,8,12,19,22H,1,3-4,6-7,9-10H2. The van der Waals surface area contributed by atoms with Crippen molar-refractivity contribution >= 4 is 5.91 Å². The lowest BCUT2D eigenvalue weighted by Crippen LogP contribution is -2.57. The van der Waals surface area contributed by atoms with Gasteiger partial charge in [-0.15, -0.1) is 0 Å². The number of halogens is 2. The highest BCUT2D eigenvalue weighted by Gasteiger charge is 2.42. The molecule has 0 spiro atoms. The van der Waals surface area contributed by atoms with Crippen LogP contribution in [0.4, 0.5) is 8.78 Å². The Morgan fingerprint density at radius 2 is 2.09 bits per heavy atom. The average molecular weight is 310 g/mol. The Morgan fingerprint density at radius 1 is 1.32 bits per heavy atom. The fraction of sp³-hybridized carbons (Fsp3) is 0.562. The van der Waals surface area contributed by atoms with Gasteiger partial charge in [-0.05, 0) is 43.4 Å². The number of piperidine rings is 1. The molecule has 1 saturated carbocycles. The molecule has 1 aliphatic carbocycles. The molecule has 1 atom stereocenters. The van der Waals surface area contributed by atoms with Gasteiger partial charge in [0.25, 0.3) is 5.91 Å². The number of hydrogen-bond donors (Lipinski definition) is 2. The Hall–Kier alpha value is -1.53. The van der Waals surface area contributed by atoms with E-state index in [1.807, 2.05) is 0 Å². The zero-order valence-electron chi connectivity index (χ0n) is 12.3. The normalized spacial score (nSPS) is 25.6. The fourth-order valence-corrected chi connectivity index (χ4v) is 2.84. The van der Waals surface area contributed by atoms with Gasteiger partial charge in [0.1, 0.15) is 0 Å². The third-order valence-corrected chi connectivity index (χ3v) is 4.32. The van der Waals surface area contributed by atoms with Gasteiger partial charge in [0.2, 0.25) is 0 Å². The van der Waals surface area contributed by atoms with Gasteiger partial charge in [-0.25, -0.2) is 8.78 Å². The van der Waals surface area contributed by atoms with E-state index in [-0.39, 0.29) is 19.0 Å². The molecule has 1 aromatic rings. The molecule has 22 heavy (non-hydrogen) atoms. The second-order valence-electron chi connectivity index (χ2n) is 6.27. The molecule has 1 saturated heterocycles. The first-order valence-electron chi connectivity index (χ1n) is 7.67. The van der Waals surface area contributed by atoms with Gasteiger partial charge >= 0.3 is 0 Å². The lowest BCUT2D eigenvalue weighted by molar-refractivity contribution is -0.157. The molecule has 0 radical (unpaired) electrons. The van der Waals surface area contributed by atoms with Crippen LogP contribution in [0.5, 0.6) is 0 Å². The predicted octanol–water partition coefficient (Wildman–Crippen LogP) is 1.57. The van der Waals surface area contributed by atoms with Crippen molar-refractivity contribution in [1.29, 1.82) is 0 Å². The van der Waals surface area contributed by atoms with Crippen LogP contribution < -0.4 is 5.32 Å². The number of carbonyl (C=O) groups is 1. The molecule has 3 rings (SSSR count). The molecule has 0 bridgehead atoms. The largest absolute Gasteiger partial charge is 0.379 e. The number of nitrogens with one attached hydrogen (secondary N) is 1. The maximum atomic E-state index is 13.3. The number of aliphatic hydroxyl groups is 1. The van der Waals surface area contributed by atoms with Crippen molar-refractivity contribution in [3.8, 4) is 0 Å². The topological polar surface area (TPSA) is 52.6 Å². The van der Waals surface area contributed by atoms with Gasteiger partial charge < -0.3 is 15.3 Å². The monoisotopic (exact) mass is 310 g/mol. The van der Waals surface area contributed by atoms with Gasteiger partial charge in [-0.2, -0.15) is 0 Å². The molecule has 1 amide bonds. The summed E-state index contributed by atoms with van der Waals surface area (Å²) in [4.78, 5) is 14.0. The molecule has 0 aromatic heterocycles. The third-order valence-electron chi connectivity index (χ3n) is 4.32. The highest BCUT2D eigenvalue weighted by atomic mass is 19.2. The van der Waals surface area contributed by atoms with Gasteiger partial charge in [0.05, 0.1) is 0 Å². The SMILES string of the molecule is O=C1N(Cc2ccc(F)c(F)c2)CCCC1(O)CNC1CC1. The molecule has 1 aliphatic heterocycles. The Balaban J connectivity index is 1.67. The predicted molar refractivity (Wildman–Crippen MR) is 77.0 cm³/mol. The van der Waals surface area contributed by atoms with Crippen molar-refractivity contribution in [3.05, 3.63) is 35.4 Å². The van der Waals surface area contributed by atoms with Crippen molar-refractivity contribution in [3.63, 3.8) is 0 Å². The van der Waals surface area contributed by atoms with E-state index in [1.165, 1.54) is 11.0 Å². The summed E-state index contributed by atoms with van der Waals surface area (Å²) in [5.74, 6) is -2.16. The lowest BCUT2D eigenvalue weighted by atomic mass is 9.91. The van der Waals surface area contributed by atoms with Crippen LogP contribution in [0.15, 0.2) is 18.2 Å². The van der Waals surface area contributed by atoms with Crippen molar-refractivity contribution in [2.75, 3.05) is 13.1 Å². The summed E-state index contributed by atoms with van der Waals surface area (Å²) in [6.45, 7) is 0.954. The van der Waals surface area contributed by atoms with Crippen LogP contribution in [0.1, 0.15) is 31.2 Å². The van der Waals surface area contributed by atoms with Crippen LogP contribution in [-0.4, -0.2) is 40.6 Å². The van der Waals surface area contributed by atoms with E-state index < -0.39 is 17.2 Å². The second-order valence-corrected chi connectivity index (χ2v) is 6.27. The molecule has 2 aliphatic rings. The summed E-state index contributed by atoms with van der Waals surface area (Å²) in [5, 5.41) is 13.8. The van der Waals surface area contributed by atoms with Gasteiger partial charge in [0.15, 0.2) is 17.2 Å². The summed E-state index contributed by atoms with van der Waals surface area (Å²) >= 11 is 0. The van der Waals surface area contributed by atoms with E-state index in [9.17, 15) is 18.7 Å². The van der Waals surface area contributed by atoms with Crippen molar-refractivity contribution in [1.82, 2.24) is 10.2 Å². The zero-order chi connectivity index (χ0) is 15.7. The summed E-state index contributed by atoms with van der Waals surface area (Å²) in [5.41, 5.74) is -0.869. The van der Waals surface area contributed by atoms with Gasteiger partial charge in [-0.1, -0.05) is 6.07 Å².